The molecule has 0 bridgehead atoms. The fourth-order valence-corrected chi connectivity index (χ4v) is 2.91. The van der Waals surface area contributed by atoms with Crippen LogP contribution in [0, 0.1) is 11.3 Å². The van der Waals surface area contributed by atoms with Crippen molar-refractivity contribution in [2.24, 2.45) is 0 Å². The Kier molecular flexibility index (Phi) is 4.40. The molecule has 0 saturated carbocycles. The maximum absolute atomic E-state index is 12.6. The Bertz CT molecular complexity index is 787. The summed E-state index contributed by atoms with van der Waals surface area (Å²) in [6.45, 7) is 2.55. The van der Waals surface area contributed by atoms with Gasteiger partial charge in [-0.1, -0.05) is 0 Å². The Morgan fingerprint density at radius 1 is 1.00 bits per heavy atom. The highest BCUT2D eigenvalue weighted by Gasteiger charge is 2.30. The van der Waals surface area contributed by atoms with Crippen LogP contribution in [-0.2, 0) is 6.18 Å². The number of anilines is 3. The number of alkyl halides is 3. The Labute approximate surface area is 143 Å². The van der Waals surface area contributed by atoms with Crippen LogP contribution < -0.4 is 15.5 Å². The van der Waals surface area contributed by atoms with Crippen molar-refractivity contribution in [2.75, 3.05) is 41.7 Å². The molecule has 1 fully saturated rings. The van der Waals surface area contributed by atoms with Gasteiger partial charge in [0.05, 0.1) is 11.3 Å². The van der Waals surface area contributed by atoms with E-state index in [4.69, 9.17) is 5.73 Å². The molecular formula is C17H16F3N5. The van der Waals surface area contributed by atoms with Gasteiger partial charge in [0.25, 0.3) is 0 Å². The first-order valence-electron chi connectivity index (χ1n) is 7.72. The van der Waals surface area contributed by atoms with E-state index in [1.807, 2.05) is 9.80 Å². The summed E-state index contributed by atoms with van der Waals surface area (Å²) in [5, 5.41) is 9.25. The van der Waals surface area contributed by atoms with Crippen molar-refractivity contribution in [1.29, 1.82) is 5.26 Å². The molecule has 2 heterocycles. The molecule has 1 aliphatic rings. The fourth-order valence-electron chi connectivity index (χ4n) is 2.91. The number of rotatable bonds is 2. The molecule has 1 aromatic heterocycles. The number of halogens is 3. The van der Waals surface area contributed by atoms with E-state index in [9.17, 15) is 18.4 Å². The molecule has 1 aromatic carbocycles. The first kappa shape index (κ1) is 16.9. The lowest BCUT2D eigenvalue weighted by atomic mass is 10.1. The predicted octanol–water partition coefficient (Wildman–Crippen LogP) is 2.88. The molecule has 3 rings (SSSR count). The standard InChI is InChI=1S/C17H16F3N5/c18-17(19,20)12-1-3-13(4-2-12)24-7-9-25(10-8-24)15-5-6-23-16(22)14(15)11-21/h1-6H,7-10H2,(H2,22,23). The normalized spacial score (nSPS) is 15.1. The monoisotopic (exact) mass is 347 g/mol. The van der Waals surface area contributed by atoms with Crippen LogP contribution in [0.2, 0.25) is 0 Å². The largest absolute Gasteiger partial charge is 0.416 e. The van der Waals surface area contributed by atoms with Crippen molar-refractivity contribution < 1.29 is 13.2 Å². The fraction of sp³-hybridized carbons (Fsp3) is 0.294. The number of pyridine rings is 1. The third kappa shape index (κ3) is 3.45. The molecule has 0 spiro atoms. The first-order valence-corrected chi connectivity index (χ1v) is 7.72. The van der Waals surface area contributed by atoms with Gasteiger partial charge in [0.2, 0.25) is 0 Å². The van der Waals surface area contributed by atoms with Crippen LogP contribution in [0.4, 0.5) is 30.4 Å². The summed E-state index contributed by atoms with van der Waals surface area (Å²) in [4.78, 5) is 7.98. The molecule has 2 N–H and O–H groups in total. The van der Waals surface area contributed by atoms with Gasteiger partial charge in [0.15, 0.2) is 0 Å². The summed E-state index contributed by atoms with van der Waals surface area (Å²) in [6.07, 6.45) is -2.76. The van der Waals surface area contributed by atoms with Crippen molar-refractivity contribution in [2.45, 2.75) is 6.18 Å². The second-order valence-corrected chi connectivity index (χ2v) is 5.72. The summed E-state index contributed by atoms with van der Waals surface area (Å²) in [6, 6.07) is 9.00. The van der Waals surface area contributed by atoms with Gasteiger partial charge < -0.3 is 15.5 Å². The smallest absolute Gasteiger partial charge is 0.383 e. The van der Waals surface area contributed by atoms with Crippen molar-refractivity contribution in [3.8, 4) is 6.07 Å². The number of nitrogens with two attached hydrogens (primary N) is 1. The molecule has 0 atom stereocenters. The summed E-state index contributed by atoms with van der Waals surface area (Å²) in [5.41, 5.74) is 6.93. The van der Waals surface area contributed by atoms with Gasteiger partial charge in [-0.2, -0.15) is 18.4 Å². The van der Waals surface area contributed by atoms with Crippen molar-refractivity contribution in [1.82, 2.24) is 4.98 Å². The maximum Gasteiger partial charge on any atom is 0.416 e. The predicted molar refractivity (Wildman–Crippen MR) is 89.2 cm³/mol. The van der Waals surface area contributed by atoms with Crippen molar-refractivity contribution in [3.05, 3.63) is 47.7 Å². The van der Waals surface area contributed by atoms with Gasteiger partial charge in [-0.15, -0.1) is 0 Å². The van der Waals surface area contributed by atoms with Crippen LogP contribution in [-0.4, -0.2) is 31.2 Å². The minimum atomic E-state index is -4.33. The van der Waals surface area contributed by atoms with E-state index in [0.717, 1.165) is 23.5 Å². The zero-order valence-electron chi connectivity index (χ0n) is 13.3. The van der Waals surface area contributed by atoms with Crippen molar-refractivity contribution in [3.63, 3.8) is 0 Å². The summed E-state index contributed by atoms with van der Waals surface area (Å²) in [7, 11) is 0. The number of nitriles is 1. The number of hydrogen-bond donors (Lipinski definition) is 1. The Balaban J connectivity index is 1.70. The van der Waals surface area contributed by atoms with Crippen LogP contribution in [0.25, 0.3) is 0 Å². The van der Waals surface area contributed by atoms with Crippen LogP contribution in [0.1, 0.15) is 11.1 Å². The Morgan fingerprint density at radius 3 is 2.16 bits per heavy atom. The summed E-state index contributed by atoms with van der Waals surface area (Å²) < 4.78 is 37.9. The van der Waals surface area contributed by atoms with Crippen LogP contribution >= 0.6 is 0 Å². The minimum Gasteiger partial charge on any atom is -0.383 e. The first-order chi connectivity index (χ1) is 11.9. The van der Waals surface area contributed by atoms with Gasteiger partial charge in [-0.05, 0) is 30.3 Å². The second kappa shape index (κ2) is 6.51. The quantitative estimate of drug-likeness (QED) is 0.905. The van der Waals surface area contributed by atoms with Crippen LogP contribution in [0.5, 0.6) is 0 Å². The van der Waals surface area contributed by atoms with Crippen molar-refractivity contribution >= 4 is 17.2 Å². The van der Waals surface area contributed by atoms with Gasteiger partial charge in [-0.3, -0.25) is 0 Å². The molecule has 8 heteroatoms. The SMILES string of the molecule is N#Cc1c(N2CCN(c3ccc(C(F)(F)F)cc3)CC2)ccnc1N. The number of aromatic nitrogens is 1. The van der Waals surface area contributed by atoms with Gasteiger partial charge in [0.1, 0.15) is 17.5 Å². The lowest BCUT2D eigenvalue weighted by Gasteiger charge is -2.37. The van der Waals surface area contributed by atoms with E-state index in [2.05, 4.69) is 11.1 Å². The highest BCUT2D eigenvalue weighted by atomic mass is 19.4. The number of nitrogens with zero attached hydrogens (tertiary/aromatic N) is 4. The average molecular weight is 347 g/mol. The van der Waals surface area contributed by atoms with E-state index >= 15 is 0 Å². The Hall–Kier alpha value is -2.95. The summed E-state index contributed by atoms with van der Waals surface area (Å²) >= 11 is 0. The van der Waals surface area contributed by atoms with E-state index in [-0.39, 0.29) is 5.82 Å². The Morgan fingerprint density at radius 2 is 1.60 bits per heavy atom. The van der Waals surface area contributed by atoms with E-state index in [1.165, 1.54) is 12.1 Å². The lowest BCUT2D eigenvalue weighted by molar-refractivity contribution is -0.137. The molecule has 0 amide bonds. The zero-order chi connectivity index (χ0) is 18.0. The van der Waals surface area contributed by atoms with E-state index in [1.54, 1.807) is 12.3 Å². The van der Waals surface area contributed by atoms with Crippen LogP contribution in [0.3, 0.4) is 0 Å². The van der Waals surface area contributed by atoms with Gasteiger partial charge in [0, 0.05) is 38.1 Å². The van der Waals surface area contributed by atoms with Gasteiger partial charge in [-0.25, -0.2) is 4.98 Å². The number of hydrogen-bond acceptors (Lipinski definition) is 5. The molecule has 0 aliphatic carbocycles. The maximum atomic E-state index is 12.6. The summed E-state index contributed by atoms with van der Waals surface area (Å²) in [5.74, 6) is 0.199. The third-order valence-electron chi connectivity index (χ3n) is 4.25. The lowest BCUT2D eigenvalue weighted by Crippen LogP contribution is -2.46. The second-order valence-electron chi connectivity index (χ2n) is 5.72. The highest BCUT2D eigenvalue weighted by molar-refractivity contribution is 5.67. The van der Waals surface area contributed by atoms with E-state index in [0.29, 0.717) is 31.7 Å². The van der Waals surface area contributed by atoms with Gasteiger partial charge >= 0.3 is 6.18 Å². The zero-order valence-corrected chi connectivity index (χ0v) is 13.3. The minimum absolute atomic E-state index is 0.199. The van der Waals surface area contributed by atoms with E-state index < -0.39 is 11.7 Å². The number of nitrogen functional groups attached to an aromatic ring is 1. The molecule has 25 heavy (non-hydrogen) atoms. The van der Waals surface area contributed by atoms with Crippen LogP contribution in [0.15, 0.2) is 36.5 Å². The molecule has 1 aliphatic heterocycles. The topological polar surface area (TPSA) is 69.2 Å². The molecule has 0 unspecified atom stereocenters. The highest BCUT2D eigenvalue weighted by Crippen LogP contribution is 2.31. The third-order valence-corrected chi connectivity index (χ3v) is 4.25. The molecule has 2 aromatic rings. The molecule has 5 nitrogen and oxygen atoms in total. The molecule has 1 saturated heterocycles. The molecule has 0 radical (unpaired) electrons. The molecular weight excluding hydrogens is 331 g/mol. The number of benzene rings is 1. The average Bonchev–Trinajstić information content (AvgIpc) is 2.61. The number of piperazine rings is 1. The molecule has 130 valence electrons.